The number of hydrogen-bond donors (Lipinski definition) is 2. The molecule has 0 fully saturated rings. The Bertz CT molecular complexity index is 348. The summed E-state index contributed by atoms with van der Waals surface area (Å²) in [4.78, 5) is 0. The first-order chi connectivity index (χ1) is 7.76. The Morgan fingerprint density at radius 3 is 3.00 bits per heavy atom. The average molecular weight is 218 g/mol. The molecule has 1 unspecified atom stereocenters. The van der Waals surface area contributed by atoms with Gasteiger partial charge in [-0.05, 0) is 43.0 Å². The highest BCUT2D eigenvalue weighted by atomic mass is 14.9. The monoisotopic (exact) mass is 218 g/mol. The number of rotatable bonds is 4. The molecular weight excluding hydrogens is 196 g/mol. The number of benzene rings is 1. The molecule has 0 radical (unpaired) electrons. The van der Waals surface area contributed by atoms with Crippen LogP contribution in [-0.4, -0.2) is 19.6 Å². The summed E-state index contributed by atoms with van der Waals surface area (Å²) in [7, 11) is 0. The second-order valence-corrected chi connectivity index (χ2v) is 4.89. The molecule has 1 aromatic carbocycles. The Balaban J connectivity index is 2.16. The zero-order valence-corrected chi connectivity index (χ0v) is 10.3. The molecule has 88 valence electrons. The van der Waals surface area contributed by atoms with Gasteiger partial charge in [0.2, 0.25) is 0 Å². The van der Waals surface area contributed by atoms with E-state index in [1.807, 2.05) is 0 Å². The van der Waals surface area contributed by atoms with Crippen LogP contribution >= 0.6 is 0 Å². The molecule has 1 atom stereocenters. The fourth-order valence-corrected chi connectivity index (χ4v) is 2.57. The minimum Gasteiger partial charge on any atom is -0.385 e. The molecule has 0 aliphatic carbocycles. The largest absolute Gasteiger partial charge is 0.385 e. The van der Waals surface area contributed by atoms with Gasteiger partial charge in [0.25, 0.3) is 0 Å². The van der Waals surface area contributed by atoms with Gasteiger partial charge in [0.15, 0.2) is 0 Å². The maximum atomic E-state index is 3.49. The Morgan fingerprint density at radius 2 is 2.19 bits per heavy atom. The number of fused-ring (bicyclic) bond motifs is 1. The van der Waals surface area contributed by atoms with E-state index < -0.39 is 0 Å². The standard InChI is InChI=1S/C14H22N2/c1-3-15-10-8-14(2)9-11-16-13-7-5-4-6-12(13)14/h4-7,15-16H,3,8-11H2,1-2H3. The van der Waals surface area contributed by atoms with Crippen molar-refractivity contribution in [2.75, 3.05) is 25.0 Å². The van der Waals surface area contributed by atoms with E-state index in [0.29, 0.717) is 5.41 Å². The first-order valence-corrected chi connectivity index (χ1v) is 6.30. The van der Waals surface area contributed by atoms with Crippen LogP contribution in [-0.2, 0) is 5.41 Å². The fourth-order valence-electron chi connectivity index (χ4n) is 2.57. The van der Waals surface area contributed by atoms with Crippen molar-refractivity contribution in [1.29, 1.82) is 0 Å². The highest BCUT2D eigenvalue weighted by Gasteiger charge is 2.30. The Hall–Kier alpha value is -1.02. The maximum absolute atomic E-state index is 3.49. The van der Waals surface area contributed by atoms with Gasteiger partial charge in [-0.1, -0.05) is 32.0 Å². The third-order valence-electron chi connectivity index (χ3n) is 3.67. The lowest BCUT2D eigenvalue weighted by atomic mass is 9.74. The number of hydrogen-bond acceptors (Lipinski definition) is 2. The minimum atomic E-state index is 0.337. The summed E-state index contributed by atoms with van der Waals surface area (Å²) in [5.41, 5.74) is 3.15. The molecule has 0 bridgehead atoms. The molecule has 0 aromatic heterocycles. The molecule has 1 heterocycles. The van der Waals surface area contributed by atoms with E-state index in [2.05, 4.69) is 48.7 Å². The number of anilines is 1. The van der Waals surface area contributed by atoms with Crippen molar-refractivity contribution in [3.63, 3.8) is 0 Å². The van der Waals surface area contributed by atoms with Crippen molar-refractivity contribution < 1.29 is 0 Å². The van der Waals surface area contributed by atoms with Gasteiger partial charge in [-0.2, -0.15) is 0 Å². The van der Waals surface area contributed by atoms with Crippen LogP contribution in [0.3, 0.4) is 0 Å². The summed E-state index contributed by atoms with van der Waals surface area (Å²) < 4.78 is 0. The van der Waals surface area contributed by atoms with Crippen LogP contribution < -0.4 is 10.6 Å². The predicted molar refractivity (Wildman–Crippen MR) is 70.1 cm³/mol. The second kappa shape index (κ2) is 4.88. The summed E-state index contributed by atoms with van der Waals surface area (Å²) in [6.07, 6.45) is 2.45. The zero-order chi connectivity index (χ0) is 11.4. The van der Waals surface area contributed by atoms with Crippen LogP contribution in [0.5, 0.6) is 0 Å². The molecule has 2 rings (SSSR count). The van der Waals surface area contributed by atoms with Crippen molar-refractivity contribution in [2.45, 2.75) is 32.1 Å². The molecule has 1 aromatic rings. The first-order valence-electron chi connectivity index (χ1n) is 6.30. The minimum absolute atomic E-state index is 0.337. The highest BCUT2D eigenvalue weighted by Crippen LogP contribution is 2.38. The molecule has 0 saturated carbocycles. The van der Waals surface area contributed by atoms with E-state index in [4.69, 9.17) is 0 Å². The van der Waals surface area contributed by atoms with E-state index in [-0.39, 0.29) is 0 Å². The van der Waals surface area contributed by atoms with Crippen LogP contribution in [0.15, 0.2) is 24.3 Å². The van der Waals surface area contributed by atoms with Gasteiger partial charge in [0, 0.05) is 12.2 Å². The van der Waals surface area contributed by atoms with Gasteiger partial charge < -0.3 is 10.6 Å². The molecule has 0 saturated heterocycles. The van der Waals surface area contributed by atoms with Crippen molar-refractivity contribution in [3.8, 4) is 0 Å². The Kier molecular flexibility index (Phi) is 3.49. The van der Waals surface area contributed by atoms with Crippen molar-refractivity contribution in [3.05, 3.63) is 29.8 Å². The smallest absolute Gasteiger partial charge is 0.0378 e. The lowest BCUT2D eigenvalue weighted by Gasteiger charge is -2.36. The molecule has 2 nitrogen and oxygen atoms in total. The van der Waals surface area contributed by atoms with E-state index >= 15 is 0 Å². The number of para-hydroxylation sites is 1. The quantitative estimate of drug-likeness (QED) is 0.759. The summed E-state index contributed by atoms with van der Waals surface area (Å²) in [5.74, 6) is 0. The second-order valence-electron chi connectivity index (χ2n) is 4.89. The summed E-state index contributed by atoms with van der Waals surface area (Å²) in [6.45, 7) is 7.83. The van der Waals surface area contributed by atoms with Crippen LogP contribution in [0.1, 0.15) is 32.3 Å². The lowest BCUT2D eigenvalue weighted by Crippen LogP contribution is -2.34. The summed E-state index contributed by atoms with van der Waals surface area (Å²) in [5, 5.41) is 6.92. The number of nitrogens with one attached hydrogen (secondary N) is 2. The van der Waals surface area contributed by atoms with Crippen molar-refractivity contribution in [2.24, 2.45) is 0 Å². The topological polar surface area (TPSA) is 24.1 Å². The van der Waals surface area contributed by atoms with E-state index in [0.717, 1.165) is 19.6 Å². The summed E-state index contributed by atoms with van der Waals surface area (Å²) in [6, 6.07) is 8.73. The van der Waals surface area contributed by atoms with E-state index in [9.17, 15) is 0 Å². The van der Waals surface area contributed by atoms with E-state index in [1.165, 1.54) is 24.1 Å². The molecule has 1 aliphatic rings. The molecule has 0 spiro atoms. The molecule has 1 aliphatic heterocycles. The fraction of sp³-hybridized carbons (Fsp3) is 0.571. The van der Waals surface area contributed by atoms with Gasteiger partial charge >= 0.3 is 0 Å². The SMILES string of the molecule is CCNCCC1(C)CCNc2ccccc21. The van der Waals surface area contributed by atoms with Crippen molar-refractivity contribution in [1.82, 2.24) is 5.32 Å². The third-order valence-corrected chi connectivity index (χ3v) is 3.67. The van der Waals surface area contributed by atoms with Crippen LogP contribution in [0.4, 0.5) is 5.69 Å². The first kappa shape index (κ1) is 11.5. The van der Waals surface area contributed by atoms with Crippen molar-refractivity contribution >= 4 is 5.69 Å². The molecule has 2 N–H and O–H groups in total. The van der Waals surface area contributed by atoms with Gasteiger partial charge in [-0.3, -0.25) is 0 Å². The Labute approximate surface area is 98.4 Å². The lowest BCUT2D eigenvalue weighted by molar-refractivity contribution is 0.393. The van der Waals surface area contributed by atoms with Gasteiger partial charge in [-0.15, -0.1) is 0 Å². The van der Waals surface area contributed by atoms with Crippen LogP contribution in [0, 0.1) is 0 Å². The molecule has 0 amide bonds. The van der Waals surface area contributed by atoms with Crippen LogP contribution in [0.2, 0.25) is 0 Å². The predicted octanol–water partition coefficient (Wildman–Crippen LogP) is 2.76. The molecular formula is C14H22N2. The molecule has 16 heavy (non-hydrogen) atoms. The normalized spacial score (nSPS) is 23.6. The maximum Gasteiger partial charge on any atom is 0.0378 e. The van der Waals surface area contributed by atoms with Gasteiger partial charge in [-0.25, -0.2) is 0 Å². The average Bonchev–Trinajstić information content (AvgIpc) is 2.30. The van der Waals surface area contributed by atoms with Gasteiger partial charge in [0.1, 0.15) is 0 Å². The molecule has 2 heteroatoms. The highest BCUT2D eigenvalue weighted by molar-refractivity contribution is 5.56. The van der Waals surface area contributed by atoms with Gasteiger partial charge in [0.05, 0.1) is 0 Å². The third kappa shape index (κ3) is 2.22. The summed E-state index contributed by atoms with van der Waals surface area (Å²) >= 11 is 0. The van der Waals surface area contributed by atoms with E-state index in [1.54, 1.807) is 0 Å². The van der Waals surface area contributed by atoms with Crippen LogP contribution in [0.25, 0.3) is 0 Å². The Morgan fingerprint density at radius 1 is 1.38 bits per heavy atom. The zero-order valence-electron chi connectivity index (χ0n) is 10.3.